The Labute approximate surface area is 85.1 Å². The van der Waals surface area contributed by atoms with E-state index < -0.39 is 12.0 Å². The first kappa shape index (κ1) is 9.50. The largest absolute Gasteiger partial charge is 0.476 e. The van der Waals surface area contributed by atoms with Gasteiger partial charge in [-0.05, 0) is 6.92 Å². The second kappa shape index (κ2) is 2.97. The Morgan fingerprint density at radius 3 is 2.87 bits per heavy atom. The van der Waals surface area contributed by atoms with Crippen molar-refractivity contribution in [3.63, 3.8) is 0 Å². The molecule has 1 atom stereocenters. The number of amides is 1. The fourth-order valence-electron chi connectivity index (χ4n) is 1.51. The lowest BCUT2D eigenvalue weighted by molar-refractivity contribution is -0.117. The number of rotatable bonds is 1. The third-order valence-electron chi connectivity index (χ3n) is 2.51. The molecule has 0 saturated heterocycles. The first-order valence-electron chi connectivity index (χ1n) is 4.37. The van der Waals surface area contributed by atoms with Crippen LogP contribution in [0.3, 0.4) is 0 Å². The normalized spacial score (nSPS) is 19.7. The van der Waals surface area contributed by atoms with Crippen LogP contribution in [0.1, 0.15) is 17.4 Å². The van der Waals surface area contributed by atoms with E-state index in [1.807, 2.05) is 0 Å². The van der Waals surface area contributed by atoms with E-state index in [1.54, 1.807) is 18.9 Å². The van der Waals surface area contributed by atoms with Gasteiger partial charge in [0.15, 0.2) is 11.5 Å². The SMILES string of the molecule is C[C@H]1C(=O)Nc2n[nH]c(C(=O)O)c2N1C. The summed E-state index contributed by atoms with van der Waals surface area (Å²) >= 11 is 0. The van der Waals surface area contributed by atoms with Crippen LogP contribution < -0.4 is 10.2 Å². The molecular weight excluding hydrogens is 200 g/mol. The van der Waals surface area contributed by atoms with Gasteiger partial charge in [-0.3, -0.25) is 9.89 Å². The molecule has 7 heteroatoms. The first-order valence-corrected chi connectivity index (χ1v) is 4.37. The van der Waals surface area contributed by atoms with E-state index in [4.69, 9.17) is 5.11 Å². The number of likely N-dealkylation sites (N-methyl/N-ethyl adjacent to an activating group) is 1. The molecule has 1 amide bonds. The lowest BCUT2D eigenvalue weighted by Gasteiger charge is -2.30. The molecular formula is C8H10N4O3. The monoisotopic (exact) mass is 210 g/mol. The van der Waals surface area contributed by atoms with Crippen molar-refractivity contribution in [1.82, 2.24) is 10.2 Å². The predicted molar refractivity (Wildman–Crippen MR) is 52.0 cm³/mol. The van der Waals surface area contributed by atoms with Crippen LogP contribution >= 0.6 is 0 Å². The highest BCUT2D eigenvalue weighted by Gasteiger charge is 2.33. The topological polar surface area (TPSA) is 98.3 Å². The number of carbonyl (C=O) groups is 2. The predicted octanol–water partition coefficient (Wildman–Crippen LogP) is -0.115. The molecule has 2 rings (SSSR count). The Hall–Kier alpha value is -2.05. The molecule has 2 heterocycles. The van der Waals surface area contributed by atoms with Crippen LogP contribution in [0.5, 0.6) is 0 Å². The van der Waals surface area contributed by atoms with Gasteiger partial charge in [0.25, 0.3) is 0 Å². The van der Waals surface area contributed by atoms with Gasteiger partial charge in [0, 0.05) is 7.05 Å². The van der Waals surface area contributed by atoms with Gasteiger partial charge in [-0.15, -0.1) is 0 Å². The summed E-state index contributed by atoms with van der Waals surface area (Å²) in [6.07, 6.45) is 0. The molecule has 0 aliphatic carbocycles. The maximum Gasteiger partial charge on any atom is 0.356 e. The smallest absolute Gasteiger partial charge is 0.356 e. The molecule has 0 fully saturated rings. The summed E-state index contributed by atoms with van der Waals surface area (Å²) in [5.41, 5.74) is 0.397. The van der Waals surface area contributed by atoms with Crippen LogP contribution in [-0.2, 0) is 4.79 Å². The van der Waals surface area contributed by atoms with Gasteiger partial charge >= 0.3 is 5.97 Å². The van der Waals surface area contributed by atoms with Crippen molar-refractivity contribution in [2.24, 2.45) is 0 Å². The van der Waals surface area contributed by atoms with Crippen LogP contribution in [0, 0.1) is 0 Å². The zero-order valence-electron chi connectivity index (χ0n) is 8.24. The van der Waals surface area contributed by atoms with Gasteiger partial charge in [-0.2, -0.15) is 5.10 Å². The number of aromatic nitrogens is 2. The minimum atomic E-state index is -1.10. The van der Waals surface area contributed by atoms with Crippen molar-refractivity contribution in [2.75, 3.05) is 17.3 Å². The number of aromatic amines is 1. The number of anilines is 2. The van der Waals surface area contributed by atoms with Crippen molar-refractivity contribution in [1.29, 1.82) is 0 Å². The number of H-pyrrole nitrogens is 1. The minimum Gasteiger partial charge on any atom is -0.476 e. The number of aromatic carboxylic acids is 1. The van der Waals surface area contributed by atoms with Gasteiger partial charge < -0.3 is 15.3 Å². The molecule has 15 heavy (non-hydrogen) atoms. The number of hydrogen-bond donors (Lipinski definition) is 3. The third-order valence-corrected chi connectivity index (χ3v) is 2.51. The highest BCUT2D eigenvalue weighted by molar-refractivity contribution is 6.06. The van der Waals surface area contributed by atoms with Gasteiger partial charge in [0.2, 0.25) is 5.91 Å². The van der Waals surface area contributed by atoms with E-state index in [0.717, 1.165) is 0 Å². The molecule has 0 unspecified atom stereocenters. The molecule has 7 nitrogen and oxygen atoms in total. The molecule has 0 saturated carbocycles. The average molecular weight is 210 g/mol. The zero-order chi connectivity index (χ0) is 11.2. The summed E-state index contributed by atoms with van der Waals surface area (Å²) in [4.78, 5) is 23.8. The fourth-order valence-corrected chi connectivity index (χ4v) is 1.51. The Morgan fingerprint density at radius 2 is 2.27 bits per heavy atom. The zero-order valence-corrected chi connectivity index (χ0v) is 8.24. The summed E-state index contributed by atoms with van der Waals surface area (Å²) in [6.45, 7) is 1.69. The lowest BCUT2D eigenvalue weighted by atomic mass is 10.2. The van der Waals surface area contributed by atoms with Gasteiger partial charge in [0.05, 0.1) is 0 Å². The van der Waals surface area contributed by atoms with Crippen LogP contribution in [-0.4, -0.2) is 40.3 Å². The number of carboxylic acid groups (broad SMARTS) is 1. The van der Waals surface area contributed by atoms with E-state index >= 15 is 0 Å². The number of hydrogen-bond acceptors (Lipinski definition) is 4. The number of nitrogens with zero attached hydrogens (tertiary/aromatic N) is 2. The highest BCUT2D eigenvalue weighted by Crippen LogP contribution is 2.31. The van der Waals surface area contributed by atoms with E-state index in [2.05, 4.69) is 15.5 Å². The Morgan fingerprint density at radius 1 is 1.60 bits per heavy atom. The summed E-state index contributed by atoms with van der Waals surface area (Å²) < 4.78 is 0. The van der Waals surface area contributed by atoms with Crippen molar-refractivity contribution < 1.29 is 14.7 Å². The molecule has 1 aliphatic heterocycles. The molecule has 1 aromatic rings. The second-order valence-electron chi connectivity index (χ2n) is 3.38. The molecule has 0 aromatic carbocycles. The molecule has 1 aliphatic rings. The second-order valence-corrected chi connectivity index (χ2v) is 3.38. The third kappa shape index (κ3) is 1.24. The summed E-state index contributed by atoms with van der Waals surface area (Å²) in [7, 11) is 1.66. The highest BCUT2D eigenvalue weighted by atomic mass is 16.4. The van der Waals surface area contributed by atoms with E-state index in [-0.39, 0.29) is 17.4 Å². The van der Waals surface area contributed by atoms with Crippen LogP contribution in [0.2, 0.25) is 0 Å². The maximum atomic E-state index is 11.4. The maximum absolute atomic E-state index is 11.4. The lowest BCUT2D eigenvalue weighted by Crippen LogP contribution is -2.44. The van der Waals surface area contributed by atoms with Crippen molar-refractivity contribution >= 4 is 23.4 Å². The van der Waals surface area contributed by atoms with Gasteiger partial charge in [0.1, 0.15) is 11.7 Å². The number of carbonyl (C=O) groups excluding carboxylic acids is 1. The first-order chi connectivity index (χ1) is 7.02. The van der Waals surface area contributed by atoms with E-state index in [1.165, 1.54) is 0 Å². The summed E-state index contributed by atoms with van der Waals surface area (Å²) in [6, 6.07) is -0.409. The minimum absolute atomic E-state index is 0.0145. The number of carboxylic acids is 1. The molecule has 3 N–H and O–H groups in total. The van der Waals surface area contributed by atoms with Crippen molar-refractivity contribution in [3.8, 4) is 0 Å². The Bertz CT molecular complexity index is 439. The van der Waals surface area contributed by atoms with Crippen LogP contribution in [0.25, 0.3) is 0 Å². The van der Waals surface area contributed by atoms with Gasteiger partial charge in [-0.25, -0.2) is 4.79 Å². The fraction of sp³-hybridized carbons (Fsp3) is 0.375. The van der Waals surface area contributed by atoms with Gasteiger partial charge in [-0.1, -0.05) is 0 Å². The Balaban J connectivity index is 2.54. The van der Waals surface area contributed by atoms with E-state index in [0.29, 0.717) is 5.69 Å². The molecule has 0 bridgehead atoms. The molecule has 80 valence electrons. The quantitative estimate of drug-likeness (QED) is 0.600. The number of nitrogens with one attached hydrogen (secondary N) is 2. The van der Waals surface area contributed by atoms with Crippen LogP contribution in [0.4, 0.5) is 11.5 Å². The molecule has 0 radical (unpaired) electrons. The van der Waals surface area contributed by atoms with Crippen molar-refractivity contribution in [3.05, 3.63) is 5.69 Å². The Kier molecular flexibility index (Phi) is 1.88. The summed E-state index contributed by atoms with van der Waals surface area (Å²) in [5.74, 6) is -1.04. The average Bonchev–Trinajstić information content (AvgIpc) is 2.58. The number of fused-ring (bicyclic) bond motifs is 1. The van der Waals surface area contributed by atoms with E-state index in [9.17, 15) is 9.59 Å². The van der Waals surface area contributed by atoms with Crippen molar-refractivity contribution in [2.45, 2.75) is 13.0 Å². The summed E-state index contributed by atoms with van der Waals surface area (Å²) in [5, 5.41) is 17.5. The van der Waals surface area contributed by atoms with Crippen LogP contribution in [0.15, 0.2) is 0 Å². The molecule has 1 aromatic heterocycles. The molecule has 0 spiro atoms. The standard InChI is InChI=1S/C8H10N4O3/c1-3-7(13)9-6-5(12(3)2)4(8(14)15)10-11-6/h3H,1-2H3,(H,14,15)(H2,9,10,11,13)/t3-/m0/s1.